The number of aryl methyl sites for hydroxylation is 1. The third-order valence-corrected chi connectivity index (χ3v) is 9.97. The highest BCUT2D eigenvalue weighted by atomic mass is 32.2. The molecule has 0 saturated heterocycles. The number of ether oxygens (including phenoxy) is 1. The summed E-state index contributed by atoms with van der Waals surface area (Å²) in [6.45, 7) is 16.3. The van der Waals surface area contributed by atoms with Crippen LogP contribution in [-0.2, 0) is 31.0 Å². The number of aromatic nitrogens is 1. The van der Waals surface area contributed by atoms with Gasteiger partial charge in [0.05, 0.1) is 35.5 Å². The Morgan fingerprint density at radius 1 is 1.12 bits per heavy atom. The van der Waals surface area contributed by atoms with Gasteiger partial charge < -0.3 is 14.5 Å². The standard InChI is InChI=1S/C26H28N4OS3/c1-16-23-10-24(34-28-26(4)7-8-26)33-25(23)30(12-19-5-6-20-14-31-15-21(20)9-19)18(3)29(16)13-22-11-27-17(2)32-22/h5-6,9-11,28H,1,3,7-8,12-15H2,2,4H3. The van der Waals surface area contributed by atoms with E-state index >= 15 is 0 Å². The lowest BCUT2D eigenvalue weighted by Gasteiger charge is -2.40. The van der Waals surface area contributed by atoms with Crippen LogP contribution in [-0.4, -0.2) is 15.4 Å². The van der Waals surface area contributed by atoms with E-state index < -0.39 is 0 Å². The summed E-state index contributed by atoms with van der Waals surface area (Å²) in [4.78, 5) is 10.3. The first kappa shape index (κ1) is 22.4. The molecule has 4 heterocycles. The van der Waals surface area contributed by atoms with Crippen molar-refractivity contribution in [3.63, 3.8) is 0 Å². The smallest absolute Gasteiger partial charge is 0.107 e. The second kappa shape index (κ2) is 8.53. The third kappa shape index (κ3) is 4.22. The summed E-state index contributed by atoms with van der Waals surface area (Å²) in [6, 6.07) is 9.00. The average molecular weight is 509 g/mol. The van der Waals surface area contributed by atoms with Gasteiger partial charge in [-0.1, -0.05) is 31.4 Å². The molecular formula is C26H28N4OS3. The van der Waals surface area contributed by atoms with Crippen LogP contribution in [0.25, 0.3) is 5.70 Å². The van der Waals surface area contributed by atoms with Crippen molar-refractivity contribution in [1.82, 2.24) is 14.6 Å². The van der Waals surface area contributed by atoms with E-state index in [1.54, 1.807) is 23.3 Å². The Bertz CT molecular complexity index is 1290. The number of hydrogen-bond acceptors (Lipinski definition) is 8. The lowest BCUT2D eigenvalue weighted by Crippen LogP contribution is -2.36. The van der Waals surface area contributed by atoms with Gasteiger partial charge in [-0.2, -0.15) is 0 Å². The Morgan fingerprint density at radius 2 is 1.94 bits per heavy atom. The molecule has 34 heavy (non-hydrogen) atoms. The molecule has 1 N–H and O–H groups in total. The molecule has 0 radical (unpaired) electrons. The SMILES string of the molecule is C=C1c2cc(SNC3(C)CC3)sc2N(Cc2ccc3c(c2)COC3)C(=C)N1Cc1cnc(C)s1. The van der Waals surface area contributed by atoms with Crippen molar-refractivity contribution in [1.29, 1.82) is 0 Å². The van der Waals surface area contributed by atoms with E-state index in [2.05, 4.69) is 63.9 Å². The van der Waals surface area contributed by atoms with Crippen LogP contribution in [0.4, 0.5) is 5.00 Å². The lowest BCUT2D eigenvalue weighted by molar-refractivity contribution is 0.134. The van der Waals surface area contributed by atoms with Crippen molar-refractivity contribution >= 4 is 45.3 Å². The van der Waals surface area contributed by atoms with E-state index in [1.807, 2.05) is 24.5 Å². The zero-order valence-corrected chi connectivity index (χ0v) is 22.0. The number of fused-ring (bicyclic) bond motifs is 2. The zero-order chi connectivity index (χ0) is 23.4. The van der Waals surface area contributed by atoms with E-state index in [9.17, 15) is 0 Å². The number of thiazole rings is 1. The molecule has 1 aromatic carbocycles. The highest BCUT2D eigenvalue weighted by Gasteiger charge is 2.38. The number of nitrogens with zero attached hydrogens (tertiary/aromatic N) is 3. The van der Waals surface area contributed by atoms with Gasteiger partial charge in [-0.3, -0.25) is 4.72 Å². The summed E-state index contributed by atoms with van der Waals surface area (Å²) in [5.41, 5.74) is 6.33. The number of hydrogen-bond donors (Lipinski definition) is 1. The molecule has 0 atom stereocenters. The topological polar surface area (TPSA) is 40.6 Å². The van der Waals surface area contributed by atoms with Crippen LogP contribution in [0, 0.1) is 6.92 Å². The number of nitrogens with one attached hydrogen (secondary N) is 1. The van der Waals surface area contributed by atoms with Gasteiger partial charge in [0.2, 0.25) is 0 Å². The normalized spacial score (nSPS) is 18.4. The molecule has 3 aromatic rings. The van der Waals surface area contributed by atoms with Crippen molar-refractivity contribution in [3.05, 3.63) is 81.6 Å². The van der Waals surface area contributed by atoms with Gasteiger partial charge >= 0.3 is 0 Å². The maximum absolute atomic E-state index is 5.64. The number of thiophene rings is 1. The minimum Gasteiger partial charge on any atom is -0.372 e. The van der Waals surface area contributed by atoms with Crippen LogP contribution in [0.3, 0.4) is 0 Å². The Kier molecular flexibility index (Phi) is 5.61. The number of anilines is 1. The highest BCUT2D eigenvalue weighted by molar-refractivity contribution is 7.99. The first-order chi connectivity index (χ1) is 16.4. The van der Waals surface area contributed by atoms with Crippen LogP contribution in [0.2, 0.25) is 0 Å². The van der Waals surface area contributed by atoms with E-state index in [1.165, 1.54) is 49.2 Å². The monoisotopic (exact) mass is 508 g/mol. The van der Waals surface area contributed by atoms with E-state index in [0.717, 1.165) is 36.2 Å². The van der Waals surface area contributed by atoms with Gasteiger partial charge in [-0.25, -0.2) is 4.98 Å². The summed E-state index contributed by atoms with van der Waals surface area (Å²) in [6.07, 6.45) is 4.45. The van der Waals surface area contributed by atoms with Crippen LogP contribution < -0.4 is 9.62 Å². The minimum atomic E-state index is 0.276. The van der Waals surface area contributed by atoms with Crippen LogP contribution in [0.1, 0.15) is 51.9 Å². The predicted octanol–water partition coefficient (Wildman–Crippen LogP) is 6.66. The second-order valence-corrected chi connectivity index (χ2v) is 13.0. The fourth-order valence-corrected chi connectivity index (χ4v) is 7.31. The molecule has 176 valence electrons. The van der Waals surface area contributed by atoms with Crippen molar-refractivity contribution in [2.75, 3.05) is 4.90 Å². The number of benzene rings is 1. The Hall–Kier alpha value is -2.10. The van der Waals surface area contributed by atoms with Gasteiger partial charge in [-0.05, 0) is 61.4 Å². The predicted molar refractivity (Wildman–Crippen MR) is 143 cm³/mol. The summed E-state index contributed by atoms with van der Waals surface area (Å²) >= 11 is 5.30. The first-order valence-corrected chi connectivity index (χ1v) is 13.9. The van der Waals surface area contributed by atoms with Gasteiger partial charge in [0, 0.05) is 27.9 Å². The molecule has 1 saturated carbocycles. The number of rotatable bonds is 7. The molecule has 0 spiro atoms. The maximum atomic E-state index is 5.64. The van der Waals surface area contributed by atoms with Crippen LogP contribution >= 0.6 is 34.6 Å². The van der Waals surface area contributed by atoms with Gasteiger partial charge in [0.1, 0.15) is 10.8 Å². The minimum absolute atomic E-state index is 0.276. The fraction of sp³-hybridized carbons (Fsp3) is 0.346. The molecule has 1 fully saturated rings. The van der Waals surface area contributed by atoms with Crippen molar-refractivity contribution in [2.45, 2.75) is 62.7 Å². The summed E-state index contributed by atoms with van der Waals surface area (Å²) in [5, 5.41) is 2.30. The summed E-state index contributed by atoms with van der Waals surface area (Å²) in [7, 11) is 0. The van der Waals surface area contributed by atoms with Crippen molar-refractivity contribution < 1.29 is 4.74 Å². The molecule has 2 aromatic heterocycles. The van der Waals surface area contributed by atoms with E-state index in [4.69, 9.17) is 4.74 Å². The Balaban J connectivity index is 1.33. The zero-order valence-electron chi connectivity index (χ0n) is 19.5. The summed E-state index contributed by atoms with van der Waals surface area (Å²) < 4.78 is 10.5. The largest absolute Gasteiger partial charge is 0.372 e. The van der Waals surface area contributed by atoms with Crippen molar-refractivity contribution in [2.24, 2.45) is 0 Å². The molecule has 2 aliphatic heterocycles. The van der Waals surface area contributed by atoms with E-state index in [0.29, 0.717) is 6.61 Å². The Morgan fingerprint density at radius 3 is 2.71 bits per heavy atom. The molecule has 0 bridgehead atoms. The van der Waals surface area contributed by atoms with Gasteiger partial charge in [-0.15, -0.1) is 22.7 Å². The molecular weight excluding hydrogens is 481 g/mol. The molecule has 8 heteroatoms. The molecule has 6 rings (SSSR count). The van der Waals surface area contributed by atoms with Crippen molar-refractivity contribution in [3.8, 4) is 0 Å². The maximum Gasteiger partial charge on any atom is 0.107 e. The quantitative estimate of drug-likeness (QED) is 0.360. The van der Waals surface area contributed by atoms with Crippen LogP contribution in [0.15, 0.2) is 53.7 Å². The molecule has 5 nitrogen and oxygen atoms in total. The van der Waals surface area contributed by atoms with Gasteiger partial charge in [0.25, 0.3) is 0 Å². The molecule has 1 aliphatic carbocycles. The second-order valence-electron chi connectivity index (χ2n) is 9.53. The summed E-state index contributed by atoms with van der Waals surface area (Å²) in [5.74, 6) is 0.959. The average Bonchev–Trinajstić information content (AvgIpc) is 3.21. The Labute approximate surface area is 213 Å². The third-order valence-electron chi connectivity index (χ3n) is 6.70. The molecule has 3 aliphatic rings. The van der Waals surface area contributed by atoms with Gasteiger partial charge in [0.15, 0.2) is 0 Å². The molecule has 0 amide bonds. The fourth-order valence-electron chi connectivity index (χ4n) is 4.33. The first-order valence-electron chi connectivity index (χ1n) is 11.5. The molecule has 0 unspecified atom stereocenters. The lowest BCUT2D eigenvalue weighted by atomic mass is 10.1. The highest BCUT2D eigenvalue weighted by Crippen LogP contribution is 2.48. The van der Waals surface area contributed by atoms with E-state index in [-0.39, 0.29) is 5.54 Å². The van der Waals surface area contributed by atoms with Crippen LogP contribution in [0.5, 0.6) is 0 Å².